The molecule has 0 spiro atoms. The average Bonchev–Trinajstić information content (AvgIpc) is 2.55. The molecule has 0 saturated heterocycles. The first-order chi connectivity index (χ1) is 12.0. The molecule has 0 aliphatic heterocycles. The molecule has 138 valence electrons. The number of methoxy groups -OCH3 is 2. The predicted octanol–water partition coefficient (Wildman–Crippen LogP) is 5.29. The number of fused-ring (bicyclic) bond motifs is 1. The van der Waals surface area contributed by atoms with Crippen molar-refractivity contribution < 1.29 is 9.47 Å². The topological polar surface area (TPSA) is 18.5 Å². The Labute approximate surface area is 159 Å². The fourth-order valence-electron chi connectivity index (χ4n) is 2.72. The van der Waals surface area contributed by atoms with E-state index in [0.717, 1.165) is 22.4 Å². The van der Waals surface area contributed by atoms with Crippen molar-refractivity contribution in [3.8, 4) is 29.4 Å². The van der Waals surface area contributed by atoms with E-state index in [-0.39, 0.29) is 22.9 Å². The van der Waals surface area contributed by atoms with Gasteiger partial charge in [0.15, 0.2) is 0 Å². The molecule has 1 aromatic carbocycles. The first-order valence-corrected chi connectivity index (χ1v) is 9.03. The van der Waals surface area contributed by atoms with E-state index in [0.29, 0.717) is 0 Å². The van der Waals surface area contributed by atoms with Crippen LogP contribution in [0.15, 0.2) is 24.3 Å². The molecule has 26 heavy (non-hydrogen) atoms. The molecule has 0 radical (unpaired) electrons. The summed E-state index contributed by atoms with van der Waals surface area (Å²) in [4.78, 5) is 0. The third-order valence-corrected chi connectivity index (χ3v) is 3.99. The molecule has 0 bridgehead atoms. The van der Waals surface area contributed by atoms with Crippen LogP contribution < -0.4 is 4.74 Å². The number of rotatable bonds is 2. The van der Waals surface area contributed by atoms with E-state index < -0.39 is 0 Å². The molecule has 0 amide bonds. The van der Waals surface area contributed by atoms with Gasteiger partial charge in [0.05, 0.1) is 19.1 Å². The van der Waals surface area contributed by atoms with Crippen molar-refractivity contribution in [3.05, 3.63) is 35.4 Å². The van der Waals surface area contributed by atoms with E-state index in [1.165, 1.54) is 0 Å². The van der Waals surface area contributed by atoms with Crippen molar-refractivity contribution in [2.24, 2.45) is 10.8 Å². The summed E-state index contributed by atoms with van der Waals surface area (Å²) in [5, 5.41) is 0. The second-order valence-electron chi connectivity index (χ2n) is 8.73. The van der Waals surface area contributed by atoms with Gasteiger partial charge in [0.2, 0.25) is 0 Å². The maximum atomic E-state index is 5.77. The standard InChI is InChI=1S/C24H30O2/c1-23(2,3)13-11-17-15-22(26-8)20(12-14-24(4,5)6)19-10-9-18(25-7)16-21(17)19/h9-10,15-16,20,22H,1-8H3. The van der Waals surface area contributed by atoms with E-state index in [1.54, 1.807) is 14.2 Å². The summed E-state index contributed by atoms with van der Waals surface area (Å²) in [6, 6.07) is 6.13. The summed E-state index contributed by atoms with van der Waals surface area (Å²) in [6.45, 7) is 12.7. The van der Waals surface area contributed by atoms with Crippen LogP contribution in [0.4, 0.5) is 0 Å². The van der Waals surface area contributed by atoms with Crippen molar-refractivity contribution >= 4 is 5.57 Å². The molecule has 1 aromatic rings. The normalized spacial score (nSPS) is 19.3. The molecule has 2 nitrogen and oxygen atoms in total. The van der Waals surface area contributed by atoms with Crippen molar-refractivity contribution in [1.29, 1.82) is 0 Å². The lowest BCUT2D eigenvalue weighted by atomic mass is 9.80. The van der Waals surface area contributed by atoms with Gasteiger partial charge < -0.3 is 9.47 Å². The average molecular weight is 351 g/mol. The Hall–Kier alpha value is -2.16. The number of allylic oxidation sites excluding steroid dienone is 1. The monoisotopic (exact) mass is 350 g/mol. The van der Waals surface area contributed by atoms with Gasteiger partial charge in [-0.25, -0.2) is 0 Å². The summed E-state index contributed by atoms with van der Waals surface area (Å²) in [5.41, 5.74) is 3.10. The van der Waals surface area contributed by atoms with Gasteiger partial charge in [0, 0.05) is 23.5 Å². The second kappa shape index (κ2) is 7.61. The summed E-state index contributed by atoms with van der Waals surface area (Å²) in [5.74, 6) is 14.3. The Kier molecular flexibility index (Phi) is 5.90. The molecular weight excluding hydrogens is 320 g/mol. The van der Waals surface area contributed by atoms with Crippen LogP contribution in [0.2, 0.25) is 0 Å². The minimum atomic E-state index is -0.116. The summed E-state index contributed by atoms with van der Waals surface area (Å²) in [7, 11) is 3.42. The van der Waals surface area contributed by atoms with Gasteiger partial charge in [-0.05, 0) is 70.9 Å². The number of hydrogen-bond donors (Lipinski definition) is 0. The SMILES string of the molecule is COc1ccc2c(c1)C(C#CC(C)(C)C)=CC(OC)C2C#CC(C)(C)C. The highest BCUT2D eigenvalue weighted by atomic mass is 16.5. The zero-order chi connectivity index (χ0) is 19.5. The highest BCUT2D eigenvalue weighted by molar-refractivity contribution is 5.84. The quantitative estimate of drug-likeness (QED) is 0.675. The van der Waals surface area contributed by atoms with Crippen LogP contribution in [0.1, 0.15) is 58.6 Å². The highest BCUT2D eigenvalue weighted by Gasteiger charge is 2.29. The van der Waals surface area contributed by atoms with E-state index in [1.807, 2.05) is 6.07 Å². The molecule has 0 aromatic heterocycles. The molecule has 2 heteroatoms. The molecule has 1 aliphatic carbocycles. The Bertz CT molecular complexity index is 808. The van der Waals surface area contributed by atoms with Crippen molar-refractivity contribution in [1.82, 2.24) is 0 Å². The number of hydrogen-bond acceptors (Lipinski definition) is 2. The Morgan fingerprint density at radius 3 is 2.12 bits per heavy atom. The Morgan fingerprint density at radius 1 is 0.923 bits per heavy atom. The summed E-state index contributed by atoms with van der Waals surface area (Å²) in [6.07, 6.45) is 1.98. The van der Waals surface area contributed by atoms with Crippen LogP contribution in [0, 0.1) is 34.5 Å². The van der Waals surface area contributed by atoms with Crippen LogP contribution in [-0.4, -0.2) is 20.3 Å². The molecule has 0 N–H and O–H groups in total. The van der Waals surface area contributed by atoms with Crippen LogP contribution in [0.25, 0.3) is 5.57 Å². The number of ether oxygens (including phenoxy) is 2. The lowest BCUT2D eigenvalue weighted by Crippen LogP contribution is -2.23. The van der Waals surface area contributed by atoms with Gasteiger partial charge in [-0.3, -0.25) is 0 Å². The minimum absolute atomic E-state index is 0.0136. The highest BCUT2D eigenvalue weighted by Crippen LogP contribution is 2.38. The van der Waals surface area contributed by atoms with Crippen molar-refractivity contribution in [2.45, 2.75) is 53.6 Å². The third-order valence-electron chi connectivity index (χ3n) is 3.99. The number of benzene rings is 1. The first-order valence-electron chi connectivity index (χ1n) is 9.03. The first kappa shape index (κ1) is 20.2. The summed E-state index contributed by atoms with van der Waals surface area (Å²) < 4.78 is 11.2. The molecule has 0 heterocycles. The Balaban J connectivity index is 2.62. The third kappa shape index (κ3) is 5.17. The lowest BCUT2D eigenvalue weighted by molar-refractivity contribution is 0.130. The molecule has 2 rings (SSSR count). The van der Waals surface area contributed by atoms with Crippen LogP contribution in [0.5, 0.6) is 5.75 Å². The smallest absolute Gasteiger partial charge is 0.119 e. The van der Waals surface area contributed by atoms with Gasteiger partial charge >= 0.3 is 0 Å². The van der Waals surface area contributed by atoms with Crippen LogP contribution in [-0.2, 0) is 4.74 Å². The van der Waals surface area contributed by atoms with E-state index in [4.69, 9.17) is 9.47 Å². The molecule has 0 saturated carbocycles. The van der Waals surface area contributed by atoms with Crippen molar-refractivity contribution in [2.75, 3.05) is 14.2 Å². The Morgan fingerprint density at radius 2 is 1.58 bits per heavy atom. The molecule has 1 aliphatic rings. The van der Waals surface area contributed by atoms with Gasteiger partial charge in [-0.15, -0.1) is 0 Å². The van der Waals surface area contributed by atoms with Gasteiger partial charge in [0.1, 0.15) is 5.75 Å². The predicted molar refractivity (Wildman–Crippen MR) is 109 cm³/mol. The largest absolute Gasteiger partial charge is 0.497 e. The minimum Gasteiger partial charge on any atom is -0.497 e. The van der Waals surface area contributed by atoms with E-state index in [9.17, 15) is 0 Å². The maximum absolute atomic E-state index is 5.77. The zero-order valence-corrected chi connectivity index (χ0v) is 17.3. The lowest BCUT2D eigenvalue weighted by Gasteiger charge is -2.28. The maximum Gasteiger partial charge on any atom is 0.119 e. The molecule has 2 atom stereocenters. The van der Waals surface area contributed by atoms with Crippen LogP contribution in [0.3, 0.4) is 0 Å². The van der Waals surface area contributed by atoms with E-state index in [2.05, 4.69) is 83.4 Å². The van der Waals surface area contributed by atoms with Gasteiger partial charge in [-0.1, -0.05) is 29.7 Å². The molecule has 0 fully saturated rings. The van der Waals surface area contributed by atoms with Crippen LogP contribution >= 0.6 is 0 Å². The summed E-state index contributed by atoms with van der Waals surface area (Å²) >= 11 is 0. The van der Waals surface area contributed by atoms with Crippen molar-refractivity contribution in [3.63, 3.8) is 0 Å². The second-order valence-corrected chi connectivity index (χ2v) is 8.73. The fourth-order valence-corrected chi connectivity index (χ4v) is 2.72. The van der Waals surface area contributed by atoms with E-state index >= 15 is 0 Å². The van der Waals surface area contributed by atoms with Gasteiger partial charge in [-0.2, -0.15) is 0 Å². The zero-order valence-electron chi connectivity index (χ0n) is 17.3. The fraction of sp³-hybridized carbons (Fsp3) is 0.500. The molecule has 2 unspecified atom stereocenters. The molecular formula is C24H30O2. The van der Waals surface area contributed by atoms with Gasteiger partial charge in [0.25, 0.3) is 0 Å².